The molecule has 1 aliphatic heterocycles. The number of amides is 2. The maximum absolute atomic E-state index is 13.1. The van der Waals surface area contributed by atoms with Crippen molar-refractivity contribution in [3.63, 3.8) is 0 Å². The second-order valence-corrected chi connectivity index (χ2v) is 6.58. The summed E-state index contributed by atoms with van der Waals surface area (Å²) < 4.78 is 21.4. The summed E-state index contributed by atoms with van der Waals surface area (Å²) in [6, 6.07) is 9.06. The summed E-state index contributed by atoms with van der Waals surface area (Å²) in [6.45, 7) is 0.753. The van der Waals surface area contributed by atoms with Gasteiger partial charge in [0.2, 0.25) is 5.75 Å². The first-order valence-electron chi connectivity index (χ1n) is 9.09. The zero-order valence-corrected chi connectivity index (χ0v) is 16.7. The Labute approximate surface area is 169 Å². The van der Waals surface area contributed by atoms with Gasteiger partial charge < -0.3 is 29.6 Å². The van der Waals surface area contributed by atoms with Crippen molar-refractivity contribution in [2.24, 2.45) is 5.73 Å². The lowest BCUT2D eigenvalue weighted by atomic mass is 9.98. The second kappa shape index (κ2) is 8.72. The van der Waals surface area contributed by atoms with Crippen LogP contribution in [0.25, 0.3) is 0 Å². The van der Waals surface area contributed by atoms with Gasteiger partial charge in [-0.3, -0.25) is 9.59 Å². The van der Waals surface area contributed by atoms with Crippen LogP contribution in [-0.2, 0) is 17.8 Å². The molecule has 0 aromatic heterocycles. The molecule has 154 valence electrons. The molecule has 2 amide bonds. The quantitative estimate of drug-likeness (QED) is 0.760. The molecule has 2 aromatic rings. The summed E-state index contributed by atoms with van der Waals surface area (Å²) in [6.07, 6.45) is 0.763. The number of rotatable bonds is 7. The van der Waals surface area contributed by atoms with Crippen molar-refractivity contribution in [2.75, 3.05) is 34.5 Å². The minimum absolute atomic E-state index is 0.156. The Hall–Kier alpha value is -3.42. The molecule has 0 fully saturated rings. The van der Waals surface area contributed by atoms with Gasteiger partial charge in [0.05, 0.1) is 21.3 Å². The molecule has 1 heterocycles. The highest BCUT2D eigenvalue weighted by Gasteiger charge is 2.25. The number of carbonyl (C=O) groups excluding carboxylic acids is 2. The molecular weight excluding hydrogens is 376 g/mol. The molecule has 0 unspecified atom stereocenters. The molecule has 2 N–H and O–H groups in total. The first-order valence-corrected chi connectivity index (χ1v) is 9.09. The van der Waals surface area contributed by atoms with Crippen LogP contribution in [0.1, 0.15) is 21.5 Å². The fourth-order valence-electron chi connectivity index (χ4n) is 3.31. The predicted octanol–water partition coefficient (Wildman–Crippen LogP) is 1.77. The molecule has 29 heavy (non-hydrogen) atoms. The van der Waals surface area contributed by atoms with Crippen molar-refractivity contribution in [2.45, 2.75) is 13.0 Å². The number of nitrogens with zero attached hydrogens (tertiary/aromatic N) is 1. The Morgan fingerprint density at radius 2 is 1.69 bits per heavy atom. The van der Waals surface area contributed by atoms with E-state index in [9.17, 15) is 9.59 Å². The molecule has 1 aliphatic rings. The average Bonchev–Trinajstić information content (AvgIpc) is 2.75. The third kappa shape index (κ3) is 4.37. The number of hydrogen-bond donors (Lipinski definition) is 1. The van der Waals surface area contributed by atoms with E-state index < -0.39 is 5.91 Å². The number of carbonyl (C=O) groups is 2. The summed E-state index contributed by atoms with van der Waals surface area (Å²) in [5.41, 5.74) is 7.81. The Balaban J connectivity index is 1.87. The van der Waals surface area contributed by atoms with Crippen molar-refractivity contribution in [1.82, 2.24) is 4.90 Å². The minimum Gasteiger partial charge on any atom is -0.497 e. The third-order valence-corrected chi connectivity index (χ3v) is 4.78. The summed E-state index contributed by atoms with van der Waals surface area (Å²) in [5, 5.41) is 0. The molecule has 0 spiro atoms. The van der Waals surface area contributed by atoms with Gasteiger partial charge in [-0.2, -0.15) is 0 Å². The number of benzene rings is 2. The van der Waals surface area contributed by atoms with Crippen molar-refractivity contribution >= 4 is 11.8 Å². The molecule has 8 heteroatoms. The fourth-order valence-corrected chi connectivity index (χ4v) is 3.31. The largest absolute Gasteiger partial charge is 0.497 e. The first-order chi connectivity index (χ1) is 14.0. The smallest absolute Gasteiger partial charge is 0.255 e. The van der Waals surface area contributed by atoms with Crippen LogP contribution in [0.15, 0.2) is 30.3 Å². The lowest BCUT2D eigenvalue weighted by molar-refractivity contribution is -0.120. The second-order valence-electron chi connectivity index (χ2n) is 6.58. The first kappa shape index (κ1) is 20.3. The summed E-state index contributed by atoms with van der Waals surface area (Å²) in [4.78, 5) is 26.0. The third-order valence-electron chi connectivity index (χ3n) is 4.78. The summed E-state index contributed by atoms with van der Waals surface area (Å²) >= 11 is 0. The Bertz CT molecular complexity index is 902. The van der Waals surface area contributed by atoms with Crippen LogP contribution in [0.2, 0.25) is 0 Å². The average molecular weight is 400 g/mol. The van der Waals surface area contributed by atoms with Crippen LogP contribution < -0.4 is 24.7 Å². The molecule has 0 atom stereocenters. The van der Waals surface area contributed by atoms with Crippen LogP contribution in [0.3, 0.4) is 0 Å². The van der Waals surface area contributed by atoms with Crippen molar-refractivity contribution in [1.29, 1.82) is 0 Å². The molecular formula is C21H24N2O6. The van der Waals surface area contributed by atoms with Gasteiger partial charge in [-0.05, 0) is 41.8 Å². The number of primary amides is 1. The lowest BCUT2D eigenvalue weighted by Gasteiger charge is -2.29. The van der Waals surface area contributed by atoms with E-state index in [4.69, 9.17) is 24.7 Å². The van der Waals surface area contributed by atoms with Crippen molar-refractivity contribution in [3.05, 3.63) is 47.0 Å². The molecule has 0 aliphatic carbocycles. The molecule has 2 aromatic carbocycles. The number of hydrogen-bond acceptors (Lipinski definition) is 6. The van der Waals surface area contributed by atoms with Gasteiger partial charge in [-0.15, -0.1) is 0 Å². The number of nitrogens with two attached hydrogens (primary N) is 1. The highest BCUT2D eigenvalue weighted by molar-refractivity contribution is 5.96. The Morgan fingerprint density at radius 3 is 2.28 bits per heavy atom. The van der Waals surface area contributed by atoms with Crippen LogP contribution in [0.4, 0.5) is 0 Å². The van der Waals surface area contributed by atoms with Gasteiger partial charge in [0.15, 0.2) is 18.1 Å². The number of methoxy groups -OCH3 is 3. The number of ether oxygens (including phenoxy) is 4. The molecule has 0 saturated heterocycles. The Morgan fingerprint density at radius 1 is 1.00 bits per heavy atom. The van der Waals surface area contributed by atoms with Gasteiger partial charge in [0.1, 0.15) is 5.75 Å². The van der Waals surface area contributed by atoms with Crippen LogP contribution in [0, 0.1) is 0 Å². The number of fused-ring (bicyclic) bond motifs is 1. The van der Waals surface area contributed by atoms with Gasteiger partial charge >= 0.3 is 0 Å². The molecule has 0 saturated carbocycles. The van der Waals surface area contributed by atoms with Gasteiger partial charge in [-0.1, -0.05) is 6.07 Å². The van der Waals surface area contributed by atoms with E-state index >= 15 is 0 Å². The molecule has 0 radical (unpaired) electrons. The lowest BCUT2D eigenvalue weighted by Crippen LogP contribution is -2.36. The normalized spacial score (nSPS) is 12.7. The van der Waals surface area contributed by atoms with Crippen LogP contribution >= 0.6 is 0 Å². The maximum Gasteiger partial charge on any atom is 0.255 e. The maximum atomic E-state index is 13.1. The zero-order chi connectivity index (χ0) is 21.0. The van der Waals surface area contributed by atoms with E-state index in [1.165, 1.54) is 19.8 Å². The standard InChI is InChI=1S/C21H24N2O6/c1-26-16-5-4-13-6-7-23(11-15(13)8-16)21(25)14-9-17(27-2)20(18(10-14)28-3)29-12-19(22)24/h4-5,8-10H,6-7,11-12H2,1-3H3,(H2,22,24). The fraction of sp³-hybridized carbons (Fsp3) is 0.333. The molecule has 3 rings (SSSR count). The van der Waals surface area contributed by atoms with E-state index in [1.807, 2.05) is 18.2 Å². The van der Waals surface area contributed by atoms with Crippen molar-refractivity contribution < 1.29 is 28.5 Å². The van der Waals surface area contributed by atoms with Gasteiger partial charge in [0, 0.05) is 18.7 Å². The van der Waals surface area contributed by atoms with E-state index in [0.717, 1.165) is 17.7 Å². The minimum atomic E-state index is -0.628. The van der Waals surface area contributed by atoms with E-state index in [-0.39, 0.29) is 29.8 Å². The van der Waals surface area contributed by atoms with Crippen molar-refractivity contribution in [3.8, 4) is 23.0 Å². The molecule has 8 nitrogen and oxygen atoms in total. The Kier molecular flexibility index (Phi) is 6.11. The van der Waals surface area contributed by atoms with Crippen LogP contribution in [0.5, 0.6) is 23.0 Å². The van der Waals surface area contributed by atoms with Crippen LogP contribution in [-0.4, -0.2) is 51.2 Å². The topological polar surface area (TPSA) is 100 Å². The molecule has 0 bridgehead atoms. The van der Waals surface area contributed by atoms with E-state index in [0.29, 0.717) is 18.7 Å². The predicted molar refractivity (Wildman–Crippen MR) is 106 cm³/mol. The monoisotopic (exact) mass is 400 g/mol. The van der Waals surface area contributed by atoms with E-state index in [2.05, 4.69) is 0 Å². The van der Waals surface area contributed by atoms with E-state index in [1.54, 1.807) is 24.1 Å². The highest BCUT2D eigenvalue weighted by Crippen LogP contribution is 2.39. The summed E-state index contributed by atoms with van der Waals surface area (Å²) in [7, 11) is 4.51. The SMILES string of the molecule is COc1ccc2c(c1)CN(C(=O)c1cc(OC)c(OCC(N)=O)c(OC)c1)CC2. The summed E-state index contributed by atoms with van der Waals surface area (Å²) in [5.74, 6) is 0.769. The highest BCUT2D eigenvalue weighted by atomic mass is 16.5. The van der Waals surface area contributed by atoms with Gasteiger partial charge in [0.25, 0.3) is 11.8 Å². The zero-order valence-electron chi connectivity index (χ0n) is 16.7. The van der Waals surface area contributed by atoms with Gasteiger partial charge in [-0.25, -0.2) is 0 Å².